The summed E-state index contributed by atoms with van der Waals surface area (Å²) >= 11 is 0. The van der Waals surface area contributed by atoms with E-state index in [4.69, 9.17) is 0 Å². The van der Waals surface area contributed by atoms with Crippen LogP contribution >= 0.6 is 0 Å². The average molecular weight is 287 g/mol. The molecule has 1 fully saturated rings. The van der Waals surface area contributed by atoms with Crippen molar-refractivity contribution in [1.82, 2.24) is 5.32 Å². The highest BCUT2D eigenvalue weighted by atomic mass is 14.9. The first kappa shape index (κ1) is 16.5. The van der Waals surface area contributed by atoms with Crippen molar-refractivity contribution >= 4 is 0 Å². The van der Waals surface area contributed by atoms with Crippen molar-refractivity contribution in [3.05, 3.63) is 35.4 Å². The highest BCUT2D eigenvalue weighted by molar-refractivity contribution is 5.27. The van der Waals surface area contributed by atoms with E-state index in [-0.39, 0.29) is 0 Å². The molecule has 0 radical (unpaired) electrons. The fraction of sp³-hybridized carbons (Fsp3) is 0.700. The van der Waals surface area contributed by atoms with Crippen molar-refractivity contribution in [2.24, 2.45) is 17.8 Å². The summed E-state index contributed by atoms with van der Waals surface area (Å²) in [6.07, 6.45) is 4.12. The van der Waals surface area contributed by atoms with Gasteiger partial charge in [-0.25, -0.2) is 0 Å². The summed E-state index contributed by atoms with van der Waals surface area (Å²) in [6.45, 7) is 12.7. The van der Waals surface area contributed by atoms with Gasteiger partial charge >= 0.3 is 0 Å². The molecule has 1 N–H and O–H groups in total. The average Bonchev–Trinajstić information content (AvgIpc) is 2.48. The van der Waals surface area contributed by atoms with Crippen molar-refractivity contribution in [2.45, 2.75) is 65.8 Å². The normalized spacial score (nSPS) is 27.8. The van der Waals surface area contributed by atoms with Gasteiger partial charge in [0.1, 0.15) is 0 Å². The second-order valence-electron chi connectivity index (χ2n) is 7.38. The van der Waals surface area contributed by atoms with Crippen molar-refractivity contribution in [2.75, 3.05) is 6.54 Å². The van der Waals surface area contributed by atoms with Crippen LogP contribution in [0, 0.1) is 17.8 Å². The molecule has 4 atom stereocenters. The summed E-state index contributed by atoms with van der Waals surface area (Å²) in [5.41, 5.74) is 2.92. The van der Waals surface area contributed by atoms with E-state index >= 15 is 0 Å². The lowest BCUT2D eigenvalue weighted by Gasteiger charge is -2.37. The minimum atomic E-state index is 0.533. The van der Waals surface area contributed by atoms with E-state index in [1.807, 2.05) is 0 Å². The highest BCUT2D eigenvalue weighted by Crippen LogP contribution is 2.40. The van der Waals surface area contributed by atoms with Crippen LogP contribution in [0.15, 0.2) is 24.3 Å². The Hall–Kier alpha value is -0.820. The molecule has 0 aliphatic heterocycles. The molecule has 4 unspecified atom stereocenters. The van der Waals surface area contributed by atoms with Gasteiger partial charge in [-0.1, -0.05) is 65.3 Å². The van der Waals surface area contributed by atoms with Crippen molar-refractivity contribution in [1.29, 1.82) is 0 Å². The summed E-state index contributed by atoms with van der Waals surface area (Å²) in [4.78, 5) is 0. The first-order chi connectivity index (χ1) is 10.0. The number of rotatable bonds is 5. The molecule has 1 aliphatic rings. The lowest BCUT2D eigenvalue weighted by atomic mass is 9.72. The lowest BCUT2D eigenvalue weighted by Crippen LogP contribution is -2.33. The molecular weight excluding hydrogens is 254 g/mol. The highest BCUT2D eigenvalue weighted by Gasteiger charge is 2.30. The zero-order chi connectivity index (χ0) is 15.4. The SMILES string of the molecule is CCNC(c1ccc(C(C)C)cc1)C1CCC(C)C(C)C1. The minimum Gasteiger partial charge on any atom is -0.310 e. The molecule has 1 saturated carbocycles. The van der Waals surface area contributed by atoms with Gasteiger partial charge in [0.2, 0.25) is 0 Å². The summed E-state index contributed by atoms with van der Waals surface area (Å²) in [7, 11) is 0. The summed E-state index contributed by atoms with van der Waals surface area (Å²) < 4.78 is 0. The van der Waals surface area contributed by atoms with E-state index in [2.05, 4.69) is 64.2 Å². The monoisotopic (exact) mass is 287 g/mol. The first-order valence-corrected chi connectivity index (χ1v) is 8.86. The van der Waals surface area contributed by atoms with Crippen molar-refractivity contribution in [3.63, 3.8) is 0 Å². The van der Waals surface area contributed by atoms with Crippen LogP contribution < -0.4 is 5.32 Å². The minimum absolute atomic E-state index is 0.533. The van der Waals surface area contributed by atoms with Crippen LogP contribution in [0.1, 0.15) is 77.0 Å². The van der Waals surface area contributed by atoms with Crippen LogP contribution in [-0.2, 0) is 0 Å². The molecule has 2 rings (SSSR count). The molecule has 0 saturated heterocycles. The molecule has 1 aromatic rings. The third-order valence-corrected chi connectivity index (χ3v) is 5.50. The molecular formula is C20H33N. The number of nitrogens with one attached hydrogen (secondary N) is 1. The molecule has 118 valence electrons. The van der Waals surface area contributed by atoms with Gasteiger partial charge in [-0.05, 0) is 54.2 Å². The van der Waals surface area contributed by atoms with Gasteiger partial charge in [0, 0.05) is 6.04 Å². The van der Waals surface area contributed by atoms with E-state index in [1.54, 1.807) is 0 Å². The van der Waals surface area contributed by atoms with E-state index in [0.717, 1.165) is 24.3 Å². The van der Waals surface area contributed by atoms with Crippen LogP contribution in [0.5, 0.6) is 0 Å². The Morgan fingerprint density at radius 3 is 2.14 bits per heavy atom. The molecule has 1 heteroatoms. The van der Waals surface area contributed by atoms with Gasteiger partial charge < -0.3 is 5.32 Å². The Labute approximate surface area is 131 Å². The molecule has 0 spiro atoms. The summed E-state index contributed by atoms with van der Waals surface area (Å²) in [5.74, 6) is 3.17. The molecule has 0 bridgehead atoms. The Bertz CT molecular complexity index is 420. The number of hydrogen-bond acceptors (Lipinski definition) is 1. The first-order valence-electron chi connectivity index (χ1n) is 8.86. The summed E-state index contributed by atoms with van der Waals surface area (Å²) in [5, 5.41) is 3.75. The Kier molecular flexibility index (Phi) is 5.87. The second kappa shape index (κ2) is 7.45. The van der Waals surface area contributed by atoms with Crippen molar-refractivity contribution in [3.8, 4) is 0 Å². The van der Waals surface area contributed by atoms with E-state index in [0.29, 0.717) is 12.0 Å². The van der Waals surface area contributed by atoms with Crippen molar-refractivity contribution < 1.29 is 0 Å². The van der Waals surface area contributed by atoms with Gasteiger partial charge in [-0.15, -0.1) is 0 Å². The third kappa shape index (κ3) is 4.10. The molecule has 0 amide bonds. The van der Waals surface area contributed by atoms with E-state index in [9.17, 15) is 0 Å². The lowest BCUT2D eigenvalue weighted by molar-refractivity contribution is 0.172. The van der Waals surface area contributed by atoms with Gasteiger partial charge in [0.05, 0.1) is 0 Å². The fourth-order valence-corrected chi connectivity index (χ4v) is 3.76. The van der Waals surface area contributed by atoms with Crippen LogP contribution in [0.4, 0.5) is 0 Å². The summed E-state index contributed by atoms with van der Waals surface area (Å²) in [6, 6.07) is 9.88. The van der Waals surface area contributed by atoms with Gasteiger partial charge in [-0.2, -0.15) is 0 Å². The predicted octanol–water partition coefficient (Wildman–Crippen LogP) is 5.53. The van der Waals surface area contributed by atoms with Gasteiger partial charge in [-0.3, -0.25) is 0 Å². The van der Waals surface area contributed by atoms with Crippen LogP contribution in [0.25, 0.3) is 0 Å². The Balaban J connectivity index is 2.14. The molecule has 1 aromatic carbocycles. The smallest absolute Gasteiger partial charge is 0.0348 e. The zero-order valence-electron chi connectivity index (χ0n) is 14.5. The van der Waals surface area contributed by atoms with E-state index in [1.165, 1.54) is 30.4 Å². The maximum atomic E-state index is 3.75. The maximum Gasteiger partial charge on any atom is 0.0348 e. The fourth-order valence-electron chi connectivity index (χ4n) is 3.76. The van der Waals surface area contributed by atoms with Crippen LogP contribution in [0.3, 0.4) is 0 Å². The Morgan fingerprint density at radius 2 is 1.62 bits per heavy atom. The third-order valence-electron chi connectivity index (χ3n) is 5.50. The quantitative estimate of drug-likeness (QED) is 0.750. The predicted molar refractivity (Wildman–Crippen MR) is 92.6 cm³/mol. The molecule has 21 heavy (non-hydrogen) atoms. The molecule has 1 nitrogen and oxygen atoms in total. The number of benzene rings is 1. The van der Waals surface area contributed by atoms with Crippen LogP contribution in [-0.4, -0.2) is 6.54 Å². The van der Waals surface area contributed by atoms with Gasteiger partial charge in [0.25, 0.3) is 0 Å². The maximum absolute atomic E-state index is 3.75. The zero-order valence-corrected chi connectivity index (χ0v) is 14.5. The molecule has 1 aliphatic carbocycles. The second-order valence-corrected chi connectivity index (χ2v) is 7.38. The standard InChI is InChI=1S/C20H33N/c1-6-21-20(19-8-7-15(4)16(5)13-19)18-11-9-17(10-12-18)14(2)3/h9-12,14-16,19-21H,6-8,13H2,1-5H3. The topological polar surface area (TPSA) is 12.0 Å². The Morgan fingerprint density at radius 1 is 1.00 bits per heavy atom. The molecule has 0 heterocycles. The van der Waals surface area contributed by atoms with Gasteiger partial charge in [0.15, 0.2) is 0 Å². The number of hydrogen-bond donors (Lipinski definition) is 1. The van der Waals surface area contributed by atoms with Crippen LogP contribution in [0.2, 0.25) is 0 Å². The largest absolute Gasteiger partial charge is 0.310 e. The molecule has 0 aromatic heterocycles. The van der Waals surface area contributed by atoms with E-state index < -0.39 is 0 Å².